The first-order chi connectivity index (χ1) is 7.29. The Bertz CT molecular complexity index is 468. The molecule has 0 aliphatic carbocycles. The Hall–Kier alpha value is -1.22. The molecular weight excluding hydrogens is 254 g/mol. The van der Waals surface area contributed by atoms with Crippen LogP contribution in [0.15, 0.2) is 46.0 Å². The molecule has 2 nitrogen and oxygen atoms in total. The smallest absolute Gasteiger partial charge is 0.108 e. The van der Waals surface area contributed by atoms with Crippen LogP contribution in [0.3, 0.4) is 0 Å². The minimum absolute atomic E-state index is 0.467. The molecule has 0 aromatic heterocycles. The standard InChI is InChI=1S/C10H6BrNO.C2H6/c11-9-3-1-8-6-10(12-13)4-2-7(8)5-9;1-2/h1-6H;1-2H3. The van der Waals surface area contributed by atoms with E-state index in [0.717, 1.165) is 15.2 Å². The average molecular weight is 266 g/mol. The molecule has 15 heavy (non-hydrogen) atoms. The van der Waals surface area contributed by atoms with Gasteiger partial charge in [0.15, 0.2) is 0 Å². The number of nitroso groups, excluding NO2 is 1. The summed E-state index contributed by atoms with van der Waals surface area (Å²) in [5.41, 5.74) is 0.467. The second-order valence-corrected chi connectivity index (χ2v) is 3.68. The number of hydrogen-bond acceptors (Lipinski definition) is 2. The zero-order chi connectivity index (χ0) is 11.3. The summed E-state index contributed by atoms with van der Waals surface area (Å²) in [7, 11) is 0. The maximum absolute atomic E-state index is 10.3. The van der Waals surface area contributed by atoms with Gasteiger partial charge in [0.2, 0.25) is 0 Å². The number of rotatable bonds is 1. The van der Waals surface area contributed by atoms with Crippen molar-refractivity contribution in [2.24, 2.45) is 5.18 Å². The van der Waals surface area contributed by atoms with Crippen LogP contribution >= 0.6 is 15.9 Å². The van der Waals surface area contributed by atoms with Gasteiger partial charge in [0.05, 0.1) is 0 Å². The van der Waals surface area contributed by atoms with Crippen molar-refractivity contribution in [1.29, 1.82) is 0 Å². The molecule has 0 fully saturated rings. The van der Waals surface area contributed by atoms with Crippen molar-refractivity contribution in [1.82, 2.24) is 0 Å². The maximum Gasteiger partial charge on any atom is 0.108 e. The Morgan fingerprint density at radius 2 is 1.60 bits per heavy atom. The van der Waals surface area contributed by atoms with Crippen LogP contribution in [0.2, 0.25) is 0 Å². The molecule has 0 aliphatic heterocycles. The lowest BCUT2D eigenvalue weighted by Gasteiger charge is -1.97. The number of benzene rings is 2. The van der Waals surface area contributed by atoms with Crippen LogP contribution in [0.1, 0.15) is 13.8 Å². The van der Waals surface area contributed by atoms with Crippen LogP contribution in [0, 0.1) is 4.91 Å². The highest BCUT2D eigenvalue weighted by atomic mass is 79.9. The Kier molecular flexibility index (Phi) is 4.43. The van der Waals surface area contributed by atoms with Gasteiger partial charge in [-0.2, -0.15) is 0 Å². The van der Waals surface area contributed by atoms with Crippen LogP contribution in [0.4, 0.5) is 5.69 Å². The van der Waals surface area contributed by atoms with E-state index in [9.17, 15) is 4.91 Å². The van der Waals surface area contributed by atoms with Gasteiger partial charge >= 0.3 is 0 Å². The lowest BCUT2D eigenvalue weighted by Crippen LogP contribution is -1.71. The maximum atomic E-state index is 10.3. The quantitative estimate of drug-likeness (QED) is 0.666. The van der Waals surface area contributed by atoms with E-state index in [1.165, 1.54) is 0 Å². The Morgan fingerprint density at radius 3 is 2.27 bits per heavy atom. The lowest BCUT2D eigenvalue weighted by atomic mass is 10.1. The third-order valence-electron chi connectivity index (χ3n) is 1.89. The summed E-state index contributed by atoms with van der Waals surface area (Å²) in [6.45, 7) is 4.00. The van der Waals surface area contributed by atoms with Crippen LogP contribution in [-0.4, -0.2) is 0 Å². The molecule has 0 spiro atoms. The van der Waals surface area contributed by atoms with Gasteiger partial charge in [-0.05, 0) is 40.2 Å². The molecule has 78 valence electrons. The first-order valence-electron chi connectivity index (χ1n) is 4.82. The van der Waals surface area contributed by atoms with Crippen LogP contribution in [-0.2, 0) is 0 Å². The zero-order valence-corrected chi connectivity index (χ0v) is 10.3. The second-order valence-electron chi connectivity index (χ2n) is 2.77. The van der Waals surface area contributed by atoms with Crippen molar-refractivity contribution in [2.45, 2.75) is 13.8 Å². The molecule has 0 heterocycles. The minimum Gasteiger partial charge on any atom is -0.145 e. The predicted molar refractivity (Wildman–Crippen MR) is 68.5 cm³/mol. The normalized spacial score (nSPS) is 9.27. The first kappa shape index (κ1) is 11.9. The molecule has 3 heteroatoms. The lowest BCUT2D eigenvalue weighted by molar-refractivity contribution is 1.50. The molecule has 0 saturated carbocycles. The SMILES string of the molecule is CC.O=Nc1ccc2cc(Br)ccc2c1. The molecule has 0 bridgehead atoms. The molecule has 0 radical (unpaired) electrons. The van der Waals surface area contributed by atoms with E-state index in [-0.39, 0.29) is 0 Å². The predicted octanol–water partition coefficient (Wildman–Crippen LogP) is 5.03. The first-order valence-corrected chi connectivity index (χ1v) is 5.61. The second kappa shape index (κ2) is 5.61. The largest absolute Gasteiger partial charge is 0.145 e. The summed E-state index contributed by atoms with van der Waals surface area (Å²) in [6, 6.07) is 11.3. The van der Waals surface area contributed by atoms with E-state index >= 15 is 0 Å². The van der Waals surface area contributed by atoms with Crippen molar-refractivity contribution < 1.29 is 0 Å². The molecule has 0 saturated heterocycles. The molecular formula is C12H12BrNO. The summed E-state index contributed by atoms with van der Waals surface area (Å²) < 4.78 is 1.03. The highest BCUT2D eigenvalue weighted by Gasteiger charge is 1.96. The summed E-state index contributed by atoms with van der Waals surface area (Å²) in [6.07, 6.45) is 0. The van der Waals surface area contributed by atoms with E-state index in [1.807, 2.05) is 38.1 Å². The fraction of sp³-hybridized carbons (Fsp3) is 0.167. The summed E-state index contributed by atoms with van der Waals surface area (Å²) in [5.74, 6) is 0. The number of halogens is 1. The van der Waals surface area contributed by atoms with Crippen LogP contribution in [0.25, 0.3) is 10.8 Å². The van der Waals surface area contributed by atoms with Gasteiger partial charge in [-0.25, -0.2) is 0 Å². The monoisotopic (exact) mass is 265 g/mol. The molecule has 2 aromatic rings. The topological polar surface area (TPSA) is 29.4 Å². The van der Waals surface area contributed by atoms with Gasteiger partial charge < -0.3 is 0 Å². The van der Waals surface area contributed by atoms with Crippen LogP contribution < -0.4 is 0 Å². The Labute approximate surface area is 97.4 Å². The molecule has 0 unspecified atom stereocenters. The fourth-order valence-electron chi connectivity index (χ4n) is 1.26. The average Bonchev–Trinajstić information content (AvgIpc) is 2.31. The van der Waals surface area contributed by atoms with Crippen molar-refractivity contribution in [2.75, 3.05) is 0 Å². The molecule has 2 rings (SSSR count). The van der Waals surface area contributed by atoms with Gasteiger partial charge in [0, 0.05) is 4.47 Å². The molecule has 0 amide bonds. The Morgan fingerprint density at radius 1 is 1.00 bits per heavy atom. The van der Waals surface area contributed by atoms with Gasteiger partial charge in [0.25, 0.3) is 0 Å². The highest BCUT2D eigenvalue weighted by Crippen LogP contribution is 2.23. The minimum atomic E-state index is 0.467. The van der Waals surface area contributed by atoms with E-state index < -0.39 is 0 Å². The highest BCUT2D eigenvalue weighted by molar-refractivity contribution is 9.10. The number of nitrogens with zero attached hydrogens (tertiary/aromatic N) is 1. The van der Waals surface area contributed by atoms with Gasteiger partial charge in [-0.3, -0.25) is 0 Å². The summed E-state index contributed by atoms with van der Waals surface area (Å²) >= 11 is 3.38. The van der Waals surface area contributed by atoms with E-state index in [0.29, 0.717) is 5.69 Å². The van der Waals surface area contributed by atoms with Gasteiger partial charge in [-0.15, -0.1) is 4.91 Å². The molecule has 2 aromatic carbocycles. The van der Waals surface area contributed by atoms with Gasteiger partial charge in [0.1, 0.15) is 5.69 Å². The fourth-order valence-corrected chi connectivity index (χ4v) is 1.64. The molecule has 0 aliphatic rings. The third kappa shape index (κ3) is 2.86. The van der Waals surface area contributed by atoms with Crippen molar-refractivity contribution in [3.63, 3.8) is 0 Å². The Balaban J connectivity index is 0.000000531. The summed E-state index contributed by atoms with van der Waals surface area (Å²) in [5, 5.41) is 5.01. The summed E-state index contributed by atoms with van der Waals surface area (Å²) in [4.78, 5) is 10.3. The third-order valence-corrected chi connectivity index (χ3v) is 2.38. The van der Waals surface area contributed by atoms with Gasteiger partial charge in [-0.1, -0.05) is 41.9 Å². The van der Waals surface area contributed by atoms with Crippen molar-refractivity contribution >= 4 is 32.4 Å². The molecule has 0 atom stereocenters. The van der Waals surface area contributed by atoms with E-state index in [2.05, 4.69) is 21.1 Å². The van der Waals surface area contributed by atoms with Crippen LogP contribution in [0.5, 0.6) is 0 Å². The molecule has 0 N–H and O–H groups in total. The van der Waals surface area contributed by atoms with Crippen molar-refractivity contribution in [3.05, 3.63) is 45.8 Å². The number of hydrogen-bond donors (Lipinski definition) is 0. The van der Waals surface area contributed by atoms with Crippen molar-refractivity contribution in [3.8, 4) is 0 Å². The van der Waals surface area contributed by atoms with E-state index in [1.54, 1.807) is 12.1 Å². The number of fused-ring (bicyclic) bond motifs is 1. The van der Waals surface area contributed by atoms with E-state index in [4.69, 9.17) is 0 Å². The zero-order valence-electron chi connectivity index (χ0n) is 8.70.